The van der Waals surface area contributed by atoms with Crippen LogP contribution in [-0.2, 0) is 4.79 Å². The second-order valence-electron chi connectivity index (χ2n) is 7.42. The van der Waals surface area contributed by atoms with Crippen LogP contribution in [0, 0.1) is 6.92 Å². The molecule has 1 unspecified atom stereocenters. The van der Waals surface area contributed by atoms with Gasteiger partial charge in [-0.15, -0.1) is 5.10 Å². The lowest BCUT2D eigenvalue weighted by Crippen LogP contribution is -2.31. The number of hydrogen-bond donors (Lipinski definition) is 0. The van der Waals surface area contributed by atoms with E-state index in [9.17, 15) is 4.79 Å². The van der Waals surface area contributed by atoms with E-state index >= 15 is 0 Å². The molecule has 9 heteroatoms. The Balaban J connectivity index is 1.31. The molecule has 0 spiro atoms. The number of carbonyl (C=O) groups excluding carboxylic acids is 1. The van der Waals surface area contributed by atoms with Crippen LogP contribution in [0.2, 0.25) is 0 Å². The molecule has 4 aromatic rings. The molecule has 1 aliphatic heterocycles. The van der Waals surface area contributed by atoms with Crippen molar-refractivity contribution in [2.24, 2.45) is 5.10 Å². The van der Waals surface area contributed by atoms with Crippen LogP contribution in [0.4, 0.5) is 0 Å². The number of furan rings is 1. The summed E-state index contributed by atoms with van der Waals surface area (Å²) in [7, 11) is 0. The highest BCUT2D eigenvalue weighted by Gasteiger charge is 2.35. The van der Waals surface area contributed by atoms with Crippen molar-refractivity contribution in [3.8, 4) is 11.4 Å². The minimum absolute atomic E-state index is 0.147. The molecule has 32 heavy (non-hydrogen) atoms. The van der Waals surface area contributed by atoms with Gasteiger partial charge < -0.3 is 9.15 Å². The number of aryl methyl sites for hydroxylation is 1. The van der Waals surface area contributed by atoms with Crippen molar-refractivity contribution in [2.45, 2.75) is 19.4 Å². The van der Waals surface area contributed by atoms with Crippen molar-refractivity contribution in [3.63, 3.8) is 0 Å². The molecule has 160 valence electrons. The van der Waals surface area contributed by atoms with Crippen LogP contribution in [-0.4, -0.2) is 43.4 Å². The molecule has 1 atom stereocenters. The van der Waals surface area contributed by atoms with Gasteiger partial charge in [-0.2, -0.15) is 5.10 Å². The number of tetrazole rings is 1. The number of carbonyl (C=O) groups is 1. The average molecular weight is 428 g/mol. The van der Waals surface area contributed by atoms with Gasteiger partial charge in [-0.1, -0.05) is 29.8 Å². The minimum atomic E-state index is -0.306. The summed E-state index contributed by atoms with van der Waals surface area (Å²) in [4.78, 5) is 13.0. The molecule has 0 radical (unpaired) electrons. The molecule has 3 heterocycles. The van der Waals surface area contributed by atoms with Crippen LogP contribution < -0.4 is 4.74 Å². The summed E-state index contributed by atoms with van der Waals surface area (Å²) in [5, 5.41) is 17.2. The summed E-state index contributed by atoms with van der Waals surface area (Å²) in [6.45, 7) is 1.89. The fourth-order valence-electron chi connectivity index (χ4n) is 3.55. The van der Waals surface area contributed by atoms with Gasteiger partial charge in [-0.3, -0.25) is 4.79 Å². The molecule has 0 saturated heterocycles. The van der Waals surface area contributed by atoms with Crippen molar-refractivity contribution >= 4 is 11.6 Å². The smallest absolute Gasteiger partial charge is 0.281 e. The van der Waals surface area contributed by atoms with E-state index in [4.69, 9.17) is 9.15 Å². The second kappa shape index (κ2) is 8.46. The molecule has 0 fully saturated rings. The molecule has 9 nitrogen and oxygen atoms in total. The first kappa shape index (κ1) is 19.7. The molecule has 0 bridgehead atoms. The number of ether oxygens (including phenoxy) is 1. The standard InChI is InChI=1S/C23H20N6O3/c1-16-4-6-17(7-5-16)20-13-21(22-3-2-12-31-22)29(25-20)23(30)14-32-19-10-8-18(9-11-19)28-15-24-26-27-28/h2-12,15,21H,13-14H2,1H3. The van der Waals surface area contributed by atoms with Crippen molar-refractivity contribution in [2.75, 3.05) is 6.61 Å². The van der Waals surface area contributed by atoms with Crippen molar-refractivity contribution in [1.29, 1.82) is 0 Å². The Morgan fingerprint density at radius 3 is 2.62 bits per heavy atom. The molecule has 2 aromatic carbocycles. The first-order chi connectivity index (χ1) is 15.7. The topological polar surface area (TPSA) is 98.6 Å². The summed E-state index contributed by atoms with van der Waals surface area (Å²) >= 11 is 0. The predicted octanol–water partition coefficient (Wildman–Crippen LogP) is 3.32. The van der Waals surface area contributed by atoms with Crippen LogP contribution in [0.3, 0.4) is 0 Å². The van der Waals surface area contributed by atoms with E-state index in [1.807, 2.05) is 55.5 Å². The lowest BCUT2D eigenvalue weighted by Gasteiger charge is -2.20. The Bertz CT molecular complexity index is 1220. The molecular formula is C23H20N6O3. The molecule has 1 aliphatic rings. The average Bonchev–Trinajstić information content (AvgIpc) is 3.59. The van der Waals surface area contributed by atoms with Crippen LogP contribution in [0.25, 0.3) is 5.69 Å². The third kappa shape index (κ3) is 4.00. The number of amides is 1. The molecule has 0 aliphatic carbocycles. The third-order valence-corrected chi connectivity index (χ3v) is 5.23. The Morgan fingerprint density at radius 1 is 1.12 bits per heavy atom. The quantitative estimate of drug-likeness (QED) is 0.467. The van der Waals surface area contributed by atoms with E-state index in [2.05, 4.69) is 20.6 Å². The van der Waals surface area contributed by atoms with E-state index in [1.54, 1.807) is 18.4 Å². The first-order valence-electron chi connectivity index (χ1n) is 10.1. The van der Waals surface area contributed by atoms with Crippen molar-refractivity contribution < 1.29 is 13.9 Å². The lowest BCUT2D eigenvalue weighted by atomic mass is 10.0. The van der Waals surface area contributed by atoms with Crippen LogP contribution >= 0.6 is 0 Å². The highest BCUT2D eigenvalue weighted by atomic mass is 16.5. The van der Waals surface area contributed by atoms with Crippen molar-refractivity contribution in [1.82, 2.24) is 25.2 Å². The maximum Gasteiger partial charge on any atom is 0.281 e. The monoisotopic (exact) mass is 428 g/mol. The molecule has 5 rings (SSSR count). The zero-order valence-corrected chi connectivity index (χ0v) is 17.3. The van der Waals surface area contributed by atoms with E-state index in [-0.39, 0.29) is 18.6 Å². The van der Waals surface area contributed by atoms with E-state index in [1.165, 1.54) is 21.6 Å². The Kier molecular flexibility index (Phi) is 5.20. The predicted molar refractivity (Wildman–Crippen MR) is 115 cm³/mol. The van der Waals surface area contributed by atoms with Crippen LogP contribution in [0.5, 0.6) is 5.75 Å². The highest BCUT2D eigenvalue weighted by molar-refractivity contribution is 6.03. The zero-order chi connectivity index (χ0) is 21.9. The number of hydrazone groups is 1. The molecule has 1 amide bonds. The number of rotatable bonds is 6. The van der Waals surface area contributed by atoms with Gasteiger partial charge >= 0.3 is 0 Å². The fourth-order valence-corrected chi connectivity index (χ4v) is 3.55. The first-order valence-corrected chi connectivity index (χ1v) is 10.1. The molecule has 2 aromatic heterocycles. The summed E-state index contributed by atoms with van der Waals surface area (Å²) in [6, 6.07) is 18.6. The SMILES string of the molecule is Cc1ccc(C2=NN(C(=O)COc3ccc(-n4cnnn4)cc3)C(c3ccco3)C2)cc1. The van der Waals surface area contributed by atoms with Gasteiger partial charge in [0.1, 0.15) is 23.9 Å². The van der Waals surface area contributed by atoms with Gasteiger partial charge in [0.05, 0.1) is 17.7 Å². The summed E-state index contributed by atoms with van der Waals surface area (Å²) in [5.74, 6) is 1.000. The number of nitrogens with zero attached hydrogens (tertiary/aromatic N) is 6. The minimum Gasteiger partial charge on any atom is -0.484 e. The van der Waals surface area contributed by atoms with Crippen LogP contribution in [0.1, 0.15) is 29.3 Å². The Morgan fingerprint density at radius 2 is 1.94 bits per heavy atom. The lowest BCUT2D eigenvalue weighted by molar-refractivity contribution is -0.135. The second-order valence-corrected chi connectivity index (χ2v) is 7.42. The Hall–Kier alpha value is -4.27. The van der Waals surface area contributed by atoms with E-state index < -0.39 is 0 Å². The normalized spacial score (nSPS) is 15.6. The Labute approximate surface area is 183 Å². The fraction of sp³-hybridized carbons (Fsp3) is 0.174. The van der Waals surface area contributed by atoms with Crippen LogP contribution in [0.15, 0.2) is 82.8 Å². The van der Waals surface area contributed by atoms with Gasteiger partial charge in [0.15, 0.2) is 6.61 Å². The summed E-state index contributed by atoms with van der Waals surface area (Å²) in [6.07, 6.45) is 3.68. The maximum absolute atomic E-state index is 13.0. The highest BCUT2D eigenvalue weighted by Crippen LogP contribution is 2.33. The molecule has 0 N–H and O–H groups in total. The summed E-state index contributed by atoms with van der Waals surface area (Å²) in [5.41, 5.74) is 3.79. The maximum atomic E-state index is 13.0. The number of aromatic nitrogens is 4. The summed E-state index contributed by atoms with van der Waals surface area (Å²) < 4.78 is 12.8. The molecule has 0 saturated carbocycles. The van der Waals surface area contributed by atoms with Gasteiger partial charge in [-0.25, -0.2) is 9.69 Å². The van der Waals surface area contributed by atoms with Crippen molar-refractivity contribution in [3.05, 3.63) is 90.1 Å². The third-order valence-electron chi connectivity index (χ3n) is 5.23. The van der Waals surface area contributed by atoms with Gasteiger partial charge in [0, 0.05) is 6.42 Å². The van der Waals surface area contributed by atoms with Gasteiger partial charge in [0.2, 0.25) is 0 Å². The number of hydrogen-bond acceptors (Lipinski definition) is 7. The van der Waals surface area contributed by atoms with Gasteiger partial charge in [-0.05, 0) is 59.3 Å². The molecular weight excluding hydrogens is 408 g/mol. The number of benzene rings is 2. The largest absolute Gasteiger partial charge is 0.484 e. The van der Waals surface area contributed by atoms with E-state index in [0.29, 0.717) is 17.9 Å². The van der Waals surface area contributed by atoms with Gasteiger partial charge in [0.25, 0.3) is 5.91 Å². The van der Waals surface area contributed by atoms with E-state index in [0.717, 1.165) is 17.0 Å². The zero-order valence-electron chi connectivity index (χ0n) is 17.3.